The fourth-order valence-electron chi connectivity index (χ4n) is 7.49. The molecular weight excluding hydrogens is 590 g/mol. The highest BCUT2D eigenvalue weighted by Crippen LogP contribution is 2.72. The molecule has 0 amide bonds. The summed E-state index contributed by atoms with van der Waals surface area (Å²) in [6, 6.07) is 68.5. The highest BCUT2D eigenvalue weighted by Gasteiger charge is 2.53. The molecule has 6 aromatic carbocycles. The average molecular weight is 635 g/mol. The van der Waals surface area contributed by atoms with Gasteiger partial charge in [0.05, 0.1) is 0 Å². The van der Waals surface area contributed by atoms with E-state index in [0.29, 0.717) is 5.92 Å². The molecule has 0 aliphatic carbocycles. The molecule has 2 unspecified atom stereocenters. The van der Waals surface area contributed by atoms with Gasteiger partial charge in [-0.3, -0.25) is 0 Å². The van der Waals surface area contributed by atoms with Crippen LogP contribution in [0.15, 0.2) is 182 Å². The Morgan fingerprint density at radius 1 is 0.391 bits per heavy atom. The molecule has 0 saturated heterocycles. The molecule has 0 saturated carbocycles. The van der Waals surface area contributed by atoms with Gasteiger partial charge in [-0.05, 0) is 65.9 Å². The van der Waals surface area contributed by atoms with Gasteiger partial charge in [0.1, 0.15) is 0 Å². The molecule has 6 aromatic rings. The standard InChI is InChI=1S/C44H44P2/c1-4-44(35(2)3,42(36-23-11-5-12-24-36)45(38-27-15-7-16-28-38)39-29-17-8-18-30-39)43(37-25-13-6-14-26-37)46(40-31-19-9-20-32-40)41-33-21-10-22-34-41/h5-35,42-43H,4H2,1-3H3. The highest BCUT2D eigenvalue weighted by atomic mass is 31.1. The molecule has 0 bridgehead atoms. The van der Waals surface area contributed by atoms with Crippen LogP contribution in [0.1, 0.15) is 49.6 Å². The third-order valence-electron chi connectivity index (χ3n) is 9.59. The Labute approximate surface area is 279 Å². The molecular formula is C44H44P2. The molecule has 0 N–H and O–H groups in total. The summed E-state index contributed by atoms with van der Waals surface area (Å²) in [6.07, 6.45) is 1.06. The summed E-state index contributed by atoms with van der Waals surface area (Å²) in [7, 11) is -1.58. The van der Waals surface area contributed by atoms with Crippen LogP contribution in [-0.4, -0.2) is 0 Å². The van der Waals surface area contributed by atoms with Crippen molar-refractivity contribution in [3.05, 3.63) is 193 Å². The minimum absolute atomic E-state index is 0.0997. The first kappa shape index (κ1) is 32.1. The molecule has 2 atom stereocenters. The molecule has 6 rings (SSSR count). The second kappa shape index (κ2) is 15.2. The summed E-state index contributed by atoms with van der Waals surface area (Å²) in [5.74, 6) is 0.391. The fraction of sp³-hybridized carbons (Fsp3) is 0.182. The van der Waals surface area contributed by atoms with Gasteiger partial charge in [0, 0.05) is 11.3 Å². The first-order chi connectivity index (χ1) is 22.6. The first-order valence-corrected chi connectivity index (χ1v) is 19.4. The van der Waals surface area contributed by atoms with E-state index in [9.17, 15) is 0 Å². The molecule has 46 heavy (non-hydrogen) atoms. The lowest BCUT2D eigenvalue weighted by Gasteiger charge is -2.55. The van der Waals surface area contributed by atoms with Crippen LogP contribution >= 0.6 is 15.8 Å². The minimum atomic E-state index is -0.792. The van der Waals surface area contributed by atoms with Crippen LogP contribution in [0.3, 0.4) is 0 Å². The molecule has 0 fully saturated rings. The maximum Gasteiger partial charge on any atom is 0.0190 e. The number of hydrogen-bond donors (Lipinski definition) is 0. The van der Waals surface area contributed by atoms with E-state index in [4.69, 9.17) is 0 Å². The minimum Gasteiger partial charge on any atom is -0.0648 e. The van der Waals surface area contributed by atoms with Gasteiger partial charge in [0.2, 0.25) is 0 Å². The lowest BCUT2D eigenvalue weighted by atomic mass is 9.66. The van der Waals surface area contributed by atoms with Crippen LogP contribution in [0.2, 0.25) is 0 Å². The van der Waals surface area contributed by atoms with Crippen molar-refractivity contribution in [1.29, 1.82) is 0 Å². The maximum absolute atomic E-state index is 2.50. The molecule has 0 aliphatic heterocycles. The molecule has 0 heterocycles. The molecule has 2 heteroatoms. The van der Waals surface area contributed by atoms with Crippen molar-refractivity contribution in [2.45, 2.75) is 38.5 Å². The Bertz CT molecular complexity index is 1530. The van der Waals surface area contributed by atoms with E-state index >= 15 is 0 Å². The fourth-order valence-corrected chi connectivity index (χ4v) is 14.5. The topological polar surface area (TPSA) is 0 Å². The van der Waals surface area contributed by atoms with Gasteiger partial charge in [-0.1, -0.05) is 203 Å². The van der Waals surface area contributed by atoms with E-state index in [2.05, 4.69) is 203 Å². The van der Waals surface area contributed by atoms with Crippen LogP contribution in [-0.2, 0) is 0 Å². The molecule has 0 spiro atoms. The largest absolute Gasteiger partial charge is 0.0648 e. The zero-order chi connectivity index (χ0) is 31.8. The van der Waals surface area contributed by atoms with Gasteiger partial charge in [-0.15, -0.1) is 0 Å². The summed E-state index contributed by atoms with van der Waals surface area (Å²) in [5, 5.41) is 5.75. The second-order valence-electron chi connectivity index (χ2n) is 12.3. The van der Waals surface area contributed by atoms with Crippen LogP contribution in [0, 0.1) is 11.3 Å². The molecule has 0 radical (unpaired) electrons. The van der Waals surface area contributed by atoms with Crippen molar-refractivity contribution in [3.8, 4) is 0 Å². The van der Waals surface area contributed by atoms with Gasteiger partial charge in [-0.2, -0.15) is 0 Å². The van der Waals surface area contributed by atoms with E-state index in [0.717, 1.165) is 6.42 Å². The molecule has 0 aromatic heterocycles. The van der Waals surface area contributed by atoms with Crippen molar-refractivity contribution in [2.75, 3.05) is 0 Å². The summed E-state index contributed by atoms with van der Waals surface area (Å²) < 4.78 is 0. The summed E-state index contributed by atoms with van der Waals surface area (Å²) in [4.78, 5) is 0. The predicted molar refractivity (Wildman–Crippen MR) is 204 cm³/mol. The van der Waals surface area contributed by atoms with Gasteiger partial charge in [0.15, 0.2) is 0 Å². The van der Waals surface area contributed by atoms with Gasteiger partial charge < -0.3 is 0 Å². The van der Waals surface area contributed by atoms with E-state index in [-0.39, 0.29) is 16.7 Å². The third-order valence-corrected chi connectivity index (χ3v) is 15.6. The number of hydrogen-bond acceptors (Lipinski definition) is 0. The normalized spacial score (nSPS) is 14.2. The Morgan fingerprint density at radius 3 is 0.848 bits per heavy atom. The Hall–Kier alpha value is -3.82. The average Bonchev–Trinajstić information content (AvgIpc) is 3.13. The van der Waals surface area contributed by atoms with Crippen LogP contribution in [0.4, 0.5) is 0 Å². The van der Waals surface area contributed by atoms with Crippen LogP contribution < -0.4 is 21.2 Å². The molecule has 230 valence electrons. The third kappa shape index (κ3) is 6.53. The van der Waals surface area contributed by atoms with E-state index in [1.165, 1.54) is 32.3 Å². The Kier molecular flexibility index (Phi) is 10.6. The van der Waals surface area contributed by atoms with E-state index in [1.54, 1.807) is 0 Å². The molecule has 0 nitrogen and oxygen atoms in total. The van der Waals surface area contributed by atoms with Crippen molar-refractivity contribution >= 4 is 37.1 Å². The van der Waals surface area contributed by atoms with Crippen molar-refractivity contribution in [2.24, 2.45) is 11.3 Å². The van der Waals surface area contributed by atoms with Crippen LogP contribution in [0.25, 0.3) is 0 Å². The van der Waals surface area contributed by atoms with Crippen molar-refractivity contribution < 1.29 is 0 Å². The number of rotatable bonds is 12. The maximum atomic E-state index is 2.50. The monoisotopic (exact) mass is 634 g/mol. The molecule has 0 aliphatic rings. The van der Waals surface area contributed by atoms with Gasteiger partial charge in [-0.25, -0.2) is 0 Å². The van der Waals surface area contributed by atoms with E-state index in [1.807, 2.05) is 0 Å². The van der Waals surface area contributed by atoms with Crippen LogP contribution in [0.5, 0.6) is 0 Å². The number of benzene rings is 6. The lowest BCUT2D eigenvalue weighted by Crippen LogP contribution is -2.43. The van der Waals surface area contributed by atoms with Gasteiger partial charge >= 0.3 is 0 Å². The summed E-state index contributed by atoms with van der Waals surface area (Å²) in [6.45, 7) is 7.48. The predicted octanol–water partition coefficient (Wildman–Crippen LogP) is 10.8. The lowest BCUT2D eigenvalue weighted by molar-refractivity contribution is 0.162. The van der Waals surface area contributed by atoms with Crippen molar-refractivity contribution in [1.82, 2.24) is 0 Å². The quantitative estimate of drug-likeness (QED) is 0.118. The summed E-state index contributed by atoms with van der Waals surface area (Å²) >= 11 is 0. The van der Waals surface area contributed by atoms with Crippen molar-refractivity contribution in [3.63, 3.8) is 0 Å². The second-order valence-corrected chi connectivity index (χ2v) is 16.9. The zero-order valence-corrected chi connectivity index (χ0v) is 28.9. The highest BCUT2D eigenvalue weighted by molar-refractivity contribution is 7.74. The first-order valence-electron chi connectivity index (χ1n) is 16.5. The summed E-state index contributed by atoms with van der Waals surface area (Å²) in [5.41, 5.74) is 3.31. The Morgan fingerprint density at radius 2 is 0.630 bits per heavy atom. The zero-order valence-electron chi connectivity index (χ0n) is 27.2. The SMILES string of the molecule is CCC(C(C)C)(C(c1ccccc1)P(c1ccccc1)c1ccccc1)C(c1ccccc1)P(c1ccccc1)c1ccccc1. The smallest absolute Gasteiger partial charge is 0.0190 e. The Balaban J connectivity index is 1.73. The van der Waals surface area contributed by atoms with E-state index < -0.39 is 15.8 Å². The van der Waals surface area contributed by atoms with Gasteiger partial charge in [0.25, 0.3) is 0 Å².